The number of hydrogen-bond acceptors (Lipinski definition) is 2. The Labute approximate surface area is 121 Å². The Morgan fingerprint density at radius 2 is 1.90 bits per heavy atom. The van der Waals surface area contributed by atoms with Crippen LogP contribution >= 0.6 is 0 Å². The molecule has 2 nitrogen and oxygen atoms in total. The predicted octanol–water partition coefficient (Wildman–Crippen LogP) is 4.26. The van der Waals surface area contributed by atoms with E-state index in [2.05, 4.69) is 78.8 Å². The van der Waals surface area contributed by atoms with Gasteiger partial charge in [0.05, 0.1) is 0 Å². The molecule has 0 saturated carbocycles. The zero-order valence-corrected chi connectivity index (χ0v) is 12.4. The van der Waals surface area contributed by atoms with Crippen LogP contribution in [0.1, 0.15) is 19.4 Å². The molecule has 1 N–H and O–H groups in total. The number of benzene rings is 2. The molecule has 0 unspecified atom stereocenters. The van der Waals surface area contributed by atoms with E-state index in [1.807, 2.05) is 13.2 Å². The fourth-order valence-corrected chi connectivity index (χ4v) is 2.16. The zero-order chi connectivity index (χ0) is 14.4. The van der Waals surface area contributed by atoms with E-state index in [9.17, 15) is 0 Å². The lowest BCUT2D eigenvalue weighted by Crippen LogP contribution is -2.15. The van der Waals surface area contributed by atoms with Crippen molar-refractivity contribution in [1.82, 2.24) is 10.2 Å². The summed E-state index contributed by atoms with van der Waals surface area (Å²) < 4.78 is 0. The van der Waals surface area contributed by atoms with Crippen LogP contribution in [-0.2, 0) is 6.54 Å². The summed E-state index contributed by atoms with van der Waals surface area (Å²) in [6, 6.07) is 15.1. The molecule has 0 bridgehead atoms. The van der Waals surface area contributed by atoms with E-state index in [0.29, 0.717) is 0 Å². The fourth-order valence-electron chi connectivity index (χ4n) is 2.16. The normalized spacial score (nSPS) is 12.1. The molecule has 0 aromatic heterocycles. The van der Waals surface area contributed by atoms with E-state index in [0.717, 1.165) is 6.54 Å². The lowest BCUT2D eigenvalue weighted by molar-refractivity contribution is 0.457. The molecular formula is C18H22N2. The summed E-state index contributed by atoms with van der Waals surface area (Å²) >= 11 is 0. The topological polar surface area (TPSA) is 15.3 Å². The van der Waals surface area contributed by atoms with Gasteiger partial charge in [0, 0.05) is 31.7 Å². The van der Waals surface area contributed by atoms with Gasteiger partial charge in [-0.25, -0.2) is 0 Å². The van der Waals surface area contributed by atoms with Crippen LogP contribution in [0.2, 0.25) is 0 Å². The highest BCUT2D eigenvalue weighted by Crippen LogP contribution is 2.18. The maximum Gasteiger partial charge on any atom is 0.0473 e. The SMILES string of the molecule is C/C=C(\C)N(/C=C\NC)Cc1ccc2ccccc2c1. The summed E-state index contributed by atoms with van der Waals surface area (Å²) in [7, 11) is 1.91. The van der Waals surface area contributed by atoms with Crippen molar-refractivity contribution in [1.29, 1.82) is 0 Å². The Balaban J connectivity index is 2.25. The van der Waals surface area contributed by atoms with Crippen molar-refractivity contribution in [3.63, 3.8) is 0 Å². The van der Waals surface area contributed by atoms with E-state index in [4.69, 9.17) is 0 Å². The van der Waals surface area contributed by atoms with Crippen molar-refractivity contribution in [2.75, 3.05) is 7.05 Å². The standard InChI is InChI=1S/C18H22N2/c1-4-15(2)20(12-11-19-3)14-16-9-10-17-7-5-6-8-18(17)13-16/h4-13,19H,14H2,1-3H3/b12-11-,15-4+. The molecule has 0 saturated heterocycles. The zero-order valence-electron chi connectivity index (χ0n) is 12.4. The minimum atomic E-state index is 0.874. The van der Waals surface area contributed by atoms with Gasteiger partial charge in [0.2, 0.25) is 0 Å². The Morgan fingerprint density at radius 1 is 1.15 bits per heavy atom. The van der Waals surface area contributed by atoms with Crippen LogP contribution in [0.3, 0.4) is 0 Å². The van der Waals surface area contributed by atoms with E-state index < -0.39 is 0 Å². The monoisotopic (exact) mass is 266 g/mol. The number of fused-ring (bicyclic) bond motifs is 1. The van der Waals surface area contributed by atoms with Crippen LogP contribution < -0.4 is 5.32 Å². The second-order valence-corrected chi connectivity index (χ2v) is 4.84. The molecule has 20 heavy (non-hydrogen) atoms. The molecule has 104 valence electrons. The Kier molecular flexibility index (Phi) is 4.83. The van der Waals surface area contributed by atoms with Gasteiger partial charge in [-0.3, -0.25) is 0 Å². The summed E-state index contributed by atoms with van der Waals surface area (Å²) in [5, 5.41) is 5.62. The first-order valence-electron chi connectivity index (χ1n) is 6.96. The molecule has 0 fully saturated rings. The molecular weight excluding hydrogens is 244 g/mol. The third-order valence-corrected chi connectivity index (χ3v) is 3.46. The Morgan fingerprint density at radius 3 is 2.60 bits per heavy atom. The van der Waals surface area contributed by atoms with Gasteiger partial charge in [-0.1, -0.05) is 42.5 Å². The largest absolute Gasteiger partial charge is 0.393 e. The van der Waals surface area contributed by atoms with Gasteiger partial charge >= 0.3 is 0 Å². The van der Waals surface area contributed by atoms with Crippen LogP contribution in [0.4, 0.5) is 0 Å². The van der Waals surface area contributed by atoms with Gasteiger partial charge in [0.1, 0.15) is 0 Å². The minimum Gasteiger partial charge on any atom is -0.393 e. The van der Waals surface area contributed by atoms with E-state index in [1.54, 1.807) is 0 Å². The number of nitrogens with one attached hydrogen (secondary N) is 1. The van der Waals surface area contributed by atoms with Gasteiger partial charge in [0.15, 0.2) is 0 Å². The molecule has 0 spiro atoms. The van der Waals surface area contributed by atoms with Crippen LogP contribution in [0, 0.1) is 0 Å². The molecule has 0 heterocycles. The molecule has 0 aliphatic carbocycles. The highest BCUT2D eigenvalue weighted by atomic mass is 15.1. The maximum atomic E-state index is 3.04. The van der Waals surface area contributed by atoms with Crippen LogP contribution in [0.25, 0.3) is 10.8 Å². The van der Waals surface area contributed by atoms with E-state index in [-0.39, 0.29) is 0 Å². The van der Waals surface area contributed by atoms with Gasteiger partial charge in [0.25, 0.3) is 0 Å². The van der Waals surface area contributed by atoms with Crippen molar-refractivity contribution in [3.8, 4) is 0 Å². The average Bonchev–Trinajstić information content (AvgIpc) is 2.50. The van der Waals surface area contributed by atoms with Crippen molar-refractivity contribution in [2.45, 2.75) is 20.4 Å². The average molecular weight is 266 g/mol. The van der Waals surface area contributed by atoms with Gasteiger partial charge in [-0.2, -0.15) is 0 Å². The first-order valence-corrected chi connectivity index (χ1v) is 6.96. The lowest BCUT2D eigenvalue weighted by atomic mass is 10.1. The van der Waals surface area contributed by atoms with Gasteiger partial charge < -0.3 is 10.2 Å². The van der Waals surface area contributed by atoms with Crippen molar-refractivity contribution < 1.29 is 0 Å². The molecule has 0 atom stereocenters. The van der Waals surface area contributed by atoms with E-state index in [1.165, 1.54) is 22.0 Å². The highest BCUT2D eigenvalue weighted by molar-refractivity contribution is 5.82. The number of rotatable bonds is 5. The molecule has 2 rings (SSSR count). The smallest absolute Gasteiger partial charge is 0.0473 e. The second-order valence-electron chi connectivity index (χ2n) is 4.84. The summed E-state index contributed by atoms with van der Waals surface area (Å²) in [6.45, 7) is 5.07. The van der Waals surface area contributed by atoms with Crippen LogP contribution in [-0.4, -0.2) is 11.9 Å². The molecule has 0 aliphatic rings. The lowest BCUT2D eigenvalue weighted by Gasteiger charge is -2.21. The van der Waals surface area contributed by atoms with Crippen LogP contribution in [0.5, 0.6) is 0 Å². The third-order valence-electron chi connectivity index (χ3n) is 3.46. The second kappa shape index (κ2) is 6.80. The van der Waals surface area contributed by atoms with Crippen molar-refractivity contribution >= 4 is 10.8 Å². The summed E-state index contributed by atoms with van der Waals surface area (Å²) in [4.78, 5) is 2.24. The first-order chi connectivity index (χ1) is 9.74. The maximum absolute atomic E-state index is 3.04. The van der Waals surface area contributed by atoms with Crippen LogP contribution in [0.15, 0.2) is 66.6 Å². The van der Waals surface area contributed by atoms with Gasteiger partial charge in [-0.05, 0) is 36.2 Å². The summed E-state index contributed by atoms with van der Waals surface area (Å²) in [5.41, 5.74) is 2.55. The number of allylic oxidation sites excluding steroid dienone is 2. The molecule has 2 aromatic rings. The quantitative estimate of drug-likeness (QED) is 0.870. The number of nitrogens with zero attached hydrogens (tertiary/aromatic N) is 1. The fraction of sp³-hybridized carbons (Fsp3) is 0.222. The highest BCUT2D eigenvalue weighted by Gasteiger charge is 2.03. The minimum absolute atomic E-state index is 0.874. The molecule has 0 radical (unpaired) electrons. The first kappa shape index (κ1) is 14.2. The van der Waals surface area contributed by atoms with Crippen molar-refractivity contribution in [2.24, 2.45) is 0 Å². The number of hydrogen-bond donors (Lipinski definition) is 1. The van der Waals surface area contributed by atoms with E-state index >= 15 is 0 Å². The molecule has 2 aromatic carbocycles. The van der Waals surface area contributed by atoms with Crippen molar-refractivity contribution in [3.05, 3.63) is 72.2 Å². The molecule has 2 heteroatoms. The summed E-state index contributed by atoms with van der Waals surface area (Å²) in [5.74, 6) is 0. The third kappa shape index (κ3) is 3.41. The summed E-state index contributed by atoms with van der Waals surface area (Å²) in [6.07, 6.45) is 6.15. The Bertz CT molecular complexity index is 626. The molecule has 0 amide bonds. The Hall–Kier alpha value is -2.22. The van der Waals surface area contributed by atoms with Gasteiger partial charge in [-0.15, -0.1) is 0 Å². The molecule has 0 aliphatic heterocycles. The predicted molar refractivity (Wildman–Crippen MR) is 87.1 cm³/mol.